The highest BCUT2D eigenvalue weighted by molar-refractivity contribution is 8.13. The Balaban J connectivity index is 2.92. The van der Waals surface area contributed by atoms with Gasteiger partial charge in [-0.3, -0.25) is 9.59 Å². The Morgan fingerprint density at radius 1 is 1.19 bits per heavy atom. The summed E-state index contributed by atoms with van der Waals surface area (Å²) in [6.45, 7) is 1.05. The SMILES string of the molecule is CC(=O)SCC(C(=O)N[C@H](Cc1ccc(O)c(O)c1)C(=O)O)C(F)(F)F. The molecule has 4 N–H and O–H groups in total. The van der Waals surface area contributed by atoms with Crippen molar-refractivity contribution < 1.29 is 42.9 Å². The number of rotatable bonds is 7. The predicted octanol–water partition coefficient (Wildman–Crippen LogP) is 1.67. The molecule has 1 aromatic carbocycles. The number of hydrogen-bond donors (Lipinski definition) is 4. The third-order valence-electron chi connectivity index (χ3n) is 3.26. The minimum Gasteiger partial charge on any atom is -0.504 e. The minimum atomic E-state index is -4.95. The molecule has 1 aromatic rings. The fourth-order valence-electron chi connectivity index (χ4n) is 1.92. The second kappa shape index (κ2) is 8.79. The summed E-state index contributed by atoms with van der Waals surface area (Å²) in [5.41, 5.74) is 0.176. The number of carbonyl (C=O) groups excluding carboxylic acids is 2. The zero-order valence-electron chi connectivity index (χ0n) is 13.4. The molecular formula is C15H16F3NO6S. The van der Waals surface area contributed by atoms with Crippen molar-refractivity contribution in [3.05, 3.63) is 23.8 Å². The van der Waals surface area contributed by atoms with Gasteiger partial charge in [-0.15, -0.1) is 0 Å². The van der Waals surface area contributed by atoms with Gasteiger partial charge in [0.2, 0.25) is 5.91 Å². The van der Waals surface area contributed by atoms with Gasteiger partial charge in [-0.2, -0.15) is 13.2 Å². The third-order valence-corrected chi connectivity index (χ3v) is 4.17. The van der Waals surface area contributed by atoms with E-state index in [2.05, 4.69) is 0 Å². The van der Waals surface area contributed by atoms with Gasteiger partial charge in [0.15, 0.2) is 16.6 Å². The molecule has 0 saturated heterocycles. The Hall–Kier alpha value is -2.43. The molecule has 1 rings (SSSR count). The van der Waals surface area contributed by atoms with Crippen molar-refractivity contribution in [3.63, 3.8) is 0 Å². The molecule has 2 atom stereocenters. The molecule has 0 aliphatic heterocycles. The summed E-state index contributed by atoms with van der Waals surface area (Å²) < 4.78 is 39.0. The second-order valence-corrected chi connectivity index (χ2v) is 6.52. The van der Waals surface area contributed by atoms with Crippen LogP contribution >= 0.6 is 11.8 Å². The largest absolute Gasteiger partial charge is 0.504 e. The lowest BCUT2D eigenvalue weighted by Gasteiger charge is -2.22. The van der Waals surface area contributed by atoms with Crippen molar-refractivity contribution >= 4 is 28.8 Å². The van der Waals surface area contributed by atoms with Crippen molar-refractivity contribution in [2.24, 2.45) is 5.92 Å². The maximum atomic E-state index is 13.0. The summed E-state index contributed by atoms with van der Waals surface area (Å²) in [5.74, 6) is -7.55. The van der Waals surface area contributed by atoms with Crippen LogP contribution in [-0.2, 0) is 20.8 Å². The van der Waals surface area contributed by atoms with Crippen LogP contribution in [0.5, 0.6) is 11.5 Å². The van der Waals surface area contributed by atoms with Crippen LogP contribution in [0.1, 0.15) is 12.5 Å². The molecule has 26 heavy (non-hydrogen) atoms. The third kappa shape index (κ3) is 6.47. The summed E-state index contributed by atoms with van der Waals surface area (Å²) in [5, 5.41) is 28.9. The summed E-state index contributed by atoms with van der Waals surface area (Å²) in [6.07, 6.45) is -5.37. The van der Waals surface area contributed by atoms with Crippen molar-refractivity contribution in [1.82, 2.24) is 5.32 Å². The van der Waals surface area contributed by atoms with Crippen LogP contribution in [-0.4, -0.2) is 50.3 Å². The van der Waals surface area contributed by atoms with Crippen molar-refractivity contribution in [2.45, 2.75) is 25.6 Å². The Bertz CT molecular complexity index is 694. The number of nitrogens with one attached hydrogen (secondary N) is 1. The van der Waals surface area contributed by atoms with E-state index in [9.17, 15) is 37.8 Å². The molecule has 0 saturated carbocycles. The number of aliphatic carboxylic acids is 1. The van der Waals surface area contributed by atoms with E-state index in [0.717, 1.165) is 19.1 Å². The number of halogens is 3. The maximum Gasteiger partial charge on any atom is 0.401 e. The van der Waals surface area contributed by atoms with Gasteiger partial charge < -0.3 is 20.6 Å². The van der Waals surface area contributed by atoms with Crippen molar-refractivity contribution in [3.8, 4) is 11.5 Å². The molecule has 1 unspecified atom stereocenters. The maximum absolute atomic E-state index is 13.0. The normalized spacial score (nSPS) is 13.7. The molecule has 0 spiro atoms. The van der Waals surface area contributed by atoms with Gasteiger partial charge in [0, 0.05) is 19.1 Å². The van der Waals surface area contributed by atoms with Crippen molar-refractivity contribution in [1.29, 1.82) is 0 Å². The molecule has 1 amide bonds. The molecule has 0 fully saturated rings. The first-order chi connectivity index (χ1) is 11.9. The highest BCUT2D eigenvalue weighted by Crippen LogP contribution is 2.30. The second-order valence-electron chi connectivity index (χ2n) is 5.32. The summed E-state index contributed by atoms with van der Waals surface area (Å²) >= 11 is 0.310. The Labute approximate surface area is 150 Å². The van der Waals surface area contributed by atoms with Gasteiger partial charge in [0.25, 0.3) is 0 Å². The number of carbonyl (C=O) groups is 3. The van der Waals surface area contributed by atoms with E-state index in [4.69, 9.17) is 5.11 Å². The number of carboxylic acid groups (broad SMARTS) is 1. The molecule has 0 radical (unpaired) electrons. The molecule has 0 aliphatic rings. The van der Waals surface area contributed by atoms with Gasteiger partial charge in [0.05, 0.1) is 0 Å². The molecule has 0 aromatic heterocycles. The van der Waals surface area contributed by atoms with Gasteiger partial charge in [-0.25, -0.2) is 4.79 Å². The van der Waals surface area contributed by atoms with Gasteiger partial charge >= 0.3 is 12.1 Å². The first-order valence-corrected chi connectivity index (χ1v) is 8.14. The van der Waals surface area contributed by atoms with Gasteiger partial charge in [-0.1, -0.05) is 17.8 Å². The number of aromatic hydroxyl groups is 2. The first kappa shape index (κ1) is 21.6. The van der Waals surface area contributed by atoms with E-state index in [-0.39, 0.29) is 5.56 Å². The Morgan fingerprint density at radius 3 is 2.27 bits per heavy atom. The highest BCUT2D eigenvalue weighted by atomic mass is 32.2. The average molecular weight is 395 g/mol. The van der Waals surface area contributed by atoms with Crippen molar-refractivity contribution in [2.75, 3.05) is 5.75 Å². The van der Waals surface area contributed by atoms with Crippen LogP contribution in [0.4, 0.5) is 13.2 Å². The van der Waals surface area contributed by atoms with Crippen LogP contribution in [0.15, 0.2) is 18.2 Å². The molecular weight excluding hydrogens is 379 g/mol. The zero-order valence-corrected chi connectivity index (χ0v) is 14.2. The number of phenols is 2. The van der Waals surface area contributed by atoms with Crippen LogP contribution < -0.4 is 5.32 Å². The monoisotopic (exact) mass is 395 g/mol. The van der Waals surface area contributed by atoms with Crippen LogP contribution in [0.25, 0.3) is 0 Å². The van der Waals surface area contributed by atoms with Crippen LogP contribution in [0.2, 0.25) is 0 Å². The molecule has 144 valence electrons. The molecule has 0 aliphatic carbocycles. The Morgan fingerprint density at radius 2 is 1.81 bits per heavy atom. The van der Waals surface area contributed by atoms with E-state index in [1.807, 2.05) is 0 Å². The standard InChI is InChI=1S/C15H16F3NO6S/c1-7(20)26-6-9(15(16,17)18)13(23)19-10(14(24)25)4-8-2-3-11(21)12(22)5-8/h2-3,5,9-10,21-22H,4,6H2,1H3,(H,19,23)(H,24,25)/t9?,10-/m1/s1. The molecule has 7 nitrogen and oxygen atoms in total. The summed E-state index contributed by atoms with van der Waals surface area (Å²) in [6, 6.07) is 1.67. The van der Waals surface area contributed by atoms with E-state index in [0.29, 0.717) is 11.8 Å². The molecule has 11 heteroatoms. The lowest BCUT2D eigenvalue weighted by Crippen LogP contribution is -2.49. The first-order valence-electron chi connectivity index (χ1n) is 7.16. The van der Waals surface area contributed by atoms with Gasteiger partial charge in [-0.05, 0) is 17.7 Å². The highest BCUT2D eigenvalue weighted by Gasteiger charge is 2.45. The lowest BCUT2D eigenvalue weighted by molar-refractivity contribution is -0.179. The van der Waals surface area contributed by atoms with E-state index in [1.54, 1.807) is 5.32 Å². The average Bonchev–Trinajstić information content (AvgIpc) is 2.48. The quantitative estimate of drug-likeness (QED) is 0.518. The minimum absolute atomic E-state index is 0.176. The topological polar surface area (TPSA) is 124 Å². The van der Waals surface area contributed by atoms with E-state index < -0.39 is 58.8 Å². The molecule has 0 bridgehead atoms. The van der Waals surface area contributed by atoms with Crippen LogP contribution in [0, 0.1) is 5.92 Å². The fourth-order valence-corrected chi connectivity index (χ4v) is 2.67. The Kier molecular flexibility index (Phi) is 7.30. The number of benzene rings is 1. The van der Waals surface area contributed by atoms with E-state index in [1.165, 1.54) is 6.07 Å². The molecule has 0 heterocycles. The van der Waals surface area contributed by atoms with E-state index >= 15 is 0 Å². The lowest BCUT2D eigenvalue weighted by atomic mass is 10.0. The predicted molar refractivity (Wildman–Crippen MR) is 85.7 cm³/mol. The summed E-state index contributed by atoms with van der Waals surface area (Å²) in [7, 11) is 0. The smallest absolute Gasteiger partial charge is 0.401 e. The zero-order chi connectivity index (χ0) is 20.1. The van der Waals surface area contributed by atoms with Crippen LogP contribution in [0.3, 0.4) is 0 Å². The number of amides is 1. The number of hydrogen-bond acceptors (Lipinski definition) is 6. The number of phenolic OH excluding ortho intramolecular Hbond substituents is 2. The number of carboxylic acids is 1. The number of thioether (sulfide) groups is 1. The number of alkyl halides is 3. The van der Waals surface area contributed by atoms with Gasteiger partial charge in [0.1, 0.15) is 12.0 Å². The fraction of sp³-hybridized carbons (Fsp3) is 0.400. The summed E-state index contributed by atoms with van der Waals surface area (Å²) in [4.78, 5) is 34.0.